The SMILES string of the molecule is c1ccc(-c2ccc(N(c3ccc(-c4ccccc4)cc3)c3ccc4cc5c(cc4c3)oc3c5ccc4c5cc6ccc(N(c7ccc(-c8ccccc8)cc7)c7ccc(-c8ccccc8)cc7)cc6cc5oc43)cc2)cc1. The van der Waals surface area contributed by atoms with Gasteiger partial charge >= 0.3 is 0 Å². The fourth-order valence-corrected chi connectivity index (χ4v) is 11.4. The molecule has 0 atom stereocenters. The topological polar surface area (TPSA) is 32.8 Å². The Labute approximate surface area is 451 Å². The molecule has 0 saturated carbocycles. The van der Waals surface area contributed by atoms with Crippen LogP contribution < -0.4 is 9.80 Å². The lowest BCUT2D eigenvalue weighted by molar-refractivity contribution is 0.634. The first kappa shape index (κ1) is 45.0. The minimum atomic E-state index is 0.752. The Kier molecular flexibility index (Phi) is 10.8. The quantitative estimate of drug-likeness (QED) is 0.137. The number of hydrogen-bond donors (Lipinski definition) is 0. The third-order valence-electron chi connectivity index (χ3n) is 15.4. The second-order valence-electron chi connectivity index (χ2n) is 20.1. The van der Waals surface area contributed by atoms with Gasteiger partial charge in [0.25, 0.3) is 0 Å². The Morgan fingerprint density at radius 3 is 0.756 bits per heavy atom. The van der Waals surface area contributed by atoms with E-state index in [2.05, 4.69) is 301 Å². The summed E-state index contributed by atoms with van der Waals surface area (Å²) in [5.74, 6) is 0. The predicted molar refractivity (Wildman–Crippen MR) is 327 cm³/mol. The summed E-state index contributed by atoms with van der Waals surface area (Å²) in [5.41, 5.74) is 19.0. The average Bonchev–Trinajstić information content (AvgIpc) is 4.13. The first-order chi connectivity index (χ1) is 38.6. The van der Waals surface area contributed by atoms with Crippen LogP contribution in [0.3, 0.4) is 0 Å². The van der Waals surface area contributed by atoms with Crippen molar-refractivity contribution in [3.05, 3.63) is 291 Å². The molecule has 0 fully saturated rings. The van der Waals surface area contributed by atoms with Crippen LogP contribution in [0.1, 0.15) is 0 Å². The number of anilines is 6. The van der Waals surface area contributed by atoms with Crippen molar-refractivity contribution in [3.8, 4) is 44.5 Å². The van der Waals surface area contributed by atoms with Gasteiger partial charge in [-0.2, -0.15) is 0 Å². The summed E-state index contributed by atoms with van der Waals surface area (Å²) in [6.45, 7) is 0. The van der Waals surface area contributed by atoms with E-state index in [-0.39, 0.29) is 0 Å². The molecular formula is C74H48N2O2. The predicted octanol–water partition coefficient (Wildman–Crippen LogP) is 21.4. The van der Waals surface area contributed by atoms with Crippen molar-refractivity contribution in [2.75, 3.05) is 9.80 Å². The van der Waals surface area contributed by atoms with Crippen molar-refractivity contribution in [1.82, 2.24) is 0 Å². The number of hydrogen-bond acceptors (Lipinski definition) is 4. The lowest BCUT2D eigenvalue weighted by Gasteiger charge is -2.26. The zero-order valence-electron chi connectivity index (χ0n) is 42.4. The summed E-state index contributed by atoms with van der Waals surface area (Å²) < 4.78 is 13.8. The van der Waals surface area contributed by atoms with E-state index < -0.39 is 0 Å². The normalized spacial score (nSPS) is 11.6. The van der Waals surface area contributed by atoms with Gasteiger partial charge in [-0.25, -0.2) is 0 Å². The summed E-state index contributed by atoms with van der Waals surface area (Å²) in [6, 6.07) is 104. The zero-order valence-corrected chi connectivity index (χ0v) is 42.4. The molecule has 0 aliphatic heterocycles. The number of fused-ring (bicyclic) bond motifs is 9. The molecule has 0 unspecified atom stereocenters. The lowest BCUT2D eigenvalue weighted by atomic mass is 10.0. The van der Waals surface area contributed by atoms with E-state index in [1.165, 1.54) is 44.5 Å². The van der Waals surface area contributed by atoms with Crippen LogP contribution in [0.25, 0.3) is 110 Å². The minimum Gasteiger partial charge on any atom is -0.452 e. The molecule has 0 spiro atoms. The van der Waals surface area contributed by atoms with E-state index >= 15 is 0 Å². The van der Waals surface area contributed by atoms with Crippen molar-refractivity contribution < 1.29 is 8.83 Å². The molecule has 2 heterocycles. The zero-order chi connectivity index (χ0) is 51.5. The highest BCUT2D eigenvalue weighted by Gasteiger charge is 2.21. The third kappa shape index (κ3) is 8.03. The number of nitrogens with zero attached hydrogens (tertiary/aromatic N) is 2. The lowest BCUT2D eigenvalue weighted by Crippen LogP contribution is -2.09. The smallest absolute Gasteiger partial charge is 0.178 e. The number of furan rings is 2. The van der Waals surface area contributed by atoms with E-state index in [1.54, 1.807) is 0 Å². The van der Waals surface area contributed by atoms with E-state index in [4.69, 9.17) is 8.83 Å². The molecule has 0 aliphatic rings. The standard InChI is InChI=1S/C74H48N2O2/c1-5-13-49(14-6-1)53-21-31-61(32-22-53)75(62-33-23-54(24-34-62)50-15-7-2-8-16-50)65-39-29-57-45-69-67-41-42-68-70-46-58-30-40-66(44-60(58)48-72(70)78-74(68)73(67)77-71(69)47-59(57)43-65)76(63-35-25-55(26-36-63)51-17-9-3-10-18-51)64-37-27-56(28-38-64)52-19-11-4-12-20-52/h1-48H. The largest absolute Gasteiger partial charge is 0.452 e. The van der Waals surface area contributed by atoms with Crippen molar-refractivity contribution in [2.45, 2.75) is 0 Å². The third-order valence-corrected chi connectivity index (χ3v) is 15.4. The maximum Gasteiger partial charge on any atom is 0.178 e. The summed E-state index contributed by atoms with van der Waals surface area (Å²) in [5, 5.41) is 8.60. The van der Waals surface area contributed by atoms with Crippen LogP contribution in [-0.4, -0.2) is 0 Å². The van der Waals surface area contributed by atoms with Crippen LogP contribution in [0, 0.1) is 0 Å². The molecule has 78 heavy (non-hydrogen) atoms. The number of benzene rings is 13. The Morgan fingerprint density at radius 2 is 0.462 bits per heavy atom. The molecule has 0 saturated heterocycles. The fraction of sp³-hybridized carbons (Fsp3) is 0. The first-order valence-electron chi connectivity index (χ1n) is 26.5. The minimum absolute atomic E-state index is 0.752. The highest BCUT2D eigenvalue weighted by atomic mass is 16.4. The van der Waals surface area contributed by atoms with Crippen LogP contribution in [0.15, 0.2) is 300 Å². The Bertz CT molecular complexity index is 4200. The maximum atomic E-state index is 6.89. The van der Waals surface area contributed by atoms with Gasteiger partial charge in [0.05, 0.1) is 0 Å². The summed E-state index contributed by atoms with van der Waals surface area (Å²) in [6.07, 6.45) is 0. The molecule has 0 N–H and O–H groups in total. The van der Waals surface area contributed by atoms with Crippen LogP contribution in [0.2, 0.25) is 0 Å². The maximum absolute atomic E-state index is 6.89. The molecule has 4 heteroatoms. The highest BCUT2D eigenvalue weighted by molar-refractivity contribution is 6.21. The van der Waals surface area contributed by atoms with E-state index in [0.717, 1.165) is 99.5 Å². The van der Waals surface area contributed by atoms with Crippen molar-refractivity contribution >= 4 is 99.5 Å². The van der Waals surface area contributed by atoms with Gasteiger partial charge in [0, 0.05) is 55.7 Å². The molecule has 13 aromatic carbocycles. The molecular weight excluding hydrogens is 949 g/mol. The van der Waals surface area contributed by atoms with Gasteiger partial charge in [-0.1, -0.05) is 182 Å². The Hall–Kier alpha value is -10.4. The van der Waals surface area contributed by atoms with Gasteiger partial charge in [-0.3, -0.25) is 0 Å². The second kappa shape index (κ2) is 18.7. The first-order valence-corrected chi connectivity index (χ1v) is 26.5. The summed E-state index contributed by atoms with van der Waals surface area (Å²) >= 11 is 0. The molecule has 2 aromatic heterocycles. The molecule has 0 radical (unpaired) electrons. The molecule has 0 aliphatic carbocycles. The van der Waals surface area contributed by atoms with E-state index in [1.807, 2.05) is 0 Å². The van der Waals surface area contributed by atoms with Crippen LogP contribution in [-0.2, 0) is 0 Å². The Balaban J connectivity index is 0.803. The van der Waals surface area contributed by atoms with Gasteiger partial charge in [0.2, 0.25) is 0 Å². The molecule has 0 amide bonds. The Morgan fingerprint density at radius 1 is 0.192 bits per heavy atom. The second-order valence-corrected chi connectivity index (χ2v) is 20.1. The van der Waals surface area contributed by atoms with Gasteiger partial charge < -0.3 is 18.6 Å². The van der Waals surface area contributed by atoms with Crippen molar-refractivity contribution in [2.24, 2.45) is 0 Å². The number of rotatable bonds is 10. The molecule has 4 nitrogen and oxygen atoms in total. The molecule has 15 aromatic rings. The van der Waals surface area contributed by atoms with Crippen molar-refractivity contribution in [3.63, 3.8) is 0 Å². The van der Waals surface area contributed by atoms with Crippen LogP contribution in [0.4, 0.5) is 34.1 Å². The van der Waals surface area contributed by atoms with Gasteiger partial charge in [0.15, 0.2) is 11.2 Å². The molecule has 366 valence electrons. The molecule has 15 rings (SSSR count). The van der Waals surface area contributed by atoms with Gasteiger partial charge in [0.1, 0.15) is 11.2 Å². The van der Waals surface area contributed by atoms with Gasteiger partial charge in [-0.05, 0) is 175 Å². The van der Waals surface area contributed by atoms with Crippen LogP contribution >= 0.6 is 0 Å². The summed E-state index contributed by atoms with van der Waals surface area (Å²) in [7, 11) is 0. The molecule has 0 bridgehead atoms. The average molecular weight is 997 g/mol. The monoisotopic (exact) mass is 996 g/mol. The van der Waals surface area contributed by atoms with Gasteiger partial charge in [-0.15, -0.1) is 0 Å². The van der Waals surface area contributed by atoms with E-state index in [0.29, 0.717) is 0 Å². The summed E-state index contributed by atoms with van der Waals surface area (Å²) in [4.78, 5) is 4.67. The van der Waals surface area contributed by atoms with E-state index in [9.17, 15) is 0 Å². The highest BCUT2D eigenvalue weighted by Crippen LogP contribution is 2.45. The van der Waals surface area contributed by atoms with Crippen LogP contribution in [0.5, 0.6) is 0 Å². The fourth-order valence-electron chi connectivity index (χ4n) is 11.4. The van der Waals surface area contributed by atoms with Crippen molar-refractivity contribution in [1.29, 1.82) is 0 Å².